The van der Waals surface area contributed by atoms with E-state index in [1.165, 1.54) is 21.6 Å². The van der Waals surface area contributed by atoms with Crippen molar-refractivity contribution < 1.29 is 9.53 Å². The number of rotatable bonds is 9. The standard InChI is InChI=1S/C26H29N5O2S2/c1-16-14-28-8-5-18(16)17-3-4-20-21(13-17)34-25(30-20)24-19-6-9-29-15-22(19)35-26(24)31-23(32)7-10-27-11-12-33-2/h3-5,8,13-14,27,29H,6-7,9-12,15H2,1-2H3,(H,31,32). The molecule has 0 atom stereocenters. The number of thiophene rings is 1. The van der Waals surface area contributed by atoms with E-state index in [1.54, 1.807) is 29.8 Å². The number of aryl methyl sites for hydroxylation is 1. The van der Waals surface area contributed by atoms with E-state index in [-0.39, 0.29) is 5.91 Å². The van der Waals surface area contributed by atoms with Gasteiger partial charge in [-0.3, -0.25) is 9.78 Å². The second kappa shape index (κ2) is 10.9. The van der Waals surface area contributed by atoms with Crippen molar-refractivity contribution in [3.8, 4) is 21.7 Å². The maximum atomic E-state index is 12.7. The molecule has 0 unspecified atom stereocenters. The van der Waals surface area contributed by atoms with Crippen LogP contribution in [0.25, 0.3) is 31.9 Å². The Morgan fingerprint density at radius 1 is 1.23 bits per heavy atom. The van der Waals surface area contributed by atoms with Crippen LogP contribution >= 0.6 is 22.7 Å². The Labute approximate surface area is 213 Å². The third-order valence-electron chi connectivity index (χ3n) is 6.13. The van der Waals surface area contributed by atoms with Crippen molar-refractivity contribution >= 4 is 43.8 Å². The number of thiazole rings is 1. The van der Waals surface area contributed by atoms with Crippen LogP contribution in [0.3, 0.4) is 0 Å². The fraction of sp³-hybridized carbons (Fsp3) is 0.346. The molecule has 3 aromatic heterocycles. The van der Waals surface area contributed by atoms with Gasteiger partial charge in [0, 0.05) is 56.0 Å². The number of hydrogen-bond donors (Lipinski definition) is 3. The summed E-state index contributed by atoms with van der Waals surface area (Å²) in [6.45, 7) is 5.84. The summed E-state index contributed by atoms with van der Waals surface area (Å²) >= 11 is 3.36. The lowest BCUT2D eigenvalue weighted by molar-refractivity contribution is -0.116. The van der Waals surface area contributed by atoms with E-state index in [9.17, 15) is 4.79 Å². The molecule has 9 heteroatoms. The summed E-state index contributed by atoms with van der Waals surface area (Å²) in [6.07, 6.45) is 5.08. The van der Waals surface area contributed by atoms with Gasteiger partial charge < -0.3 is 20.7 Å². The molecule has 0 saturated heterocycles. The molecule has 4 heterocycles. The smallest absolute Gasteiger partial charge is 0.226 e. The van der Waals surface area contributed by atoms with Crippen molar-refractivity contribution in [2.45, 2.75) is 26.3 Å². The number of pyridine rings is 1. The summed E-state index contributed by atoms with van der Waals surface area (Å²) in [4.78, 5) is 23.2. The van der Waals surface area contributed by atoms with E-state index in [2.05, 4.69) is 52.1 Å². The van der Waals surface area contributed by atoms with Crippen LogP contribution in [0.2, 0.25) is 0 Å². The van der Waals surface area contributed by atoms with Crippen molar-refractivity contribution in [1.82, 2.24) is 20.6 Å². The molecule has 7 nitrogen and oxygen atoms in total. The second-order valence-electron chi connectivity index (χ2n) is 8.57. The van der Waals surface area contributed by atoms with Gasteiger partial charge in [-0.2, -0.15) is 0 Å². The number of anilines is 1. The summed E-state index contributed by atoms with van der Waals surface area (Å²) in [5, 5.41) is 11.7. The largest absolute Gasteiger partial charge is 0.383 e. The fourth-order valence-electron chi connectivity index (χ4n) is 4.34. The fourth-order valence-corrected chi connectivity index (χ4v) is 6.72. The summed E-state index contributed by atoms with van der Waals surface area (Å²) in [6, 6.07) is 8.48. The predicted molar refractivity (Wildman–Crippen MR) is 144 cm³/mol. The monoisotopic (exact) mass is 507 g/mol. The van der Waals surface area contributed by atoms with Crippen molar-refractivity contribution in [3.05, 3.63) is 52.7 Å². The maximum Gasteiger partial charge on any atom is 0.226 e. The Balaban J connectivity index is 1.44. The van der Waals surface area contributed by atoms with Crippen molar-refractivity contribution in [2.24, 2.45) is 0 Å². The van der Waals surface area contributed by atoms with Crippen LogP contribution in [0.1, 0.15) is 22.4 Å². The van der Waals surface area contributed by atoms with Crippen LogP contribution in [-0.4, -0.2) is 49.2 Å². The van der Waals surface area contributed by atoms with Gasteiger partial charge in [0.05, 0.1) is 16.8 Å². The molecule has 182 valence electrons. The van der Waals surface area contributed by atoms with Gasteiger partial charge in [0.25, 0.3) is 0 Å². The summed E-state index contributed by atoms with van der Waals surface area (Å²) in [7, 11) is 1.67. The van der Waals surface area contributed by atoms with Crippen molar-refractivity contribution in [1.29, 1.82) is 0 Å². The number of carbonyl (C=O) groups is 1. The lowest BCUT2D eigenvalue weighted by Crippen LogP contribution is -2.24. The molecule has 1 aliphatic rings. The minimum atomic E-state index is 0.0132. The van der Waals surface area contributed by atoms with Gasteiger partial charge in [-0.15, -0.1) is 22.7 Å². The van der Waals surface area contributed by atoms with Crippen molar-refractivity contribution in [3.63, 3.8) is 0 Å². The Morgan fingerprint density at radius 2 is 2.14 bits per heavy atom. The highest BCUT2D eigenvalue weighted by Crippen LogP contribution is 2.45. The first kappa shape index (κ1) is 24.0. The highest BCUT2D eigenvalue weighted by molar-refractivity contribution is 7.23. The van der Waals surface area contributed by atoms with Crippen LogP contribution in [0.15, 0.2) is 36.7 Å². The van der Waals surface area contributed by atoms with Crippen LogP contribution in [-0.2, 0) is 22.5 Å². The maximum absolute atomic E-state index is 12.7. The Bertz CT molecular complexity index is 1350. The van der Waals surface area contributed by atoms with Gasteiger partial charge in [0.15, 0.2) is 0 Å². The molecule has 4 aromatic rings. The first-order valence-electron chi connectivity index (χ1n) is 11.8. The average Bonchev–Trinajstić information content (AvgIpc) is 3.44. The minimum absolute atomic E-state index is 0.0132. The third-order valence-corrected chi connectivity index (χ3v) is 8.31. The number of hydrogen-bond acceptors (Lipinski definition) is 8. The molecule has 0 aliphatic carbocycles. The first-order chi connectivity index (χ1) is 17.1. The number of methoxy groups -OCH3 is 1. The predicted octanol–water partition coefficient (Wildman–Crippen LogP) is 4.61. The number of amides is 1. The molecule has 0 bridgehead atoms. The molecule has 0 saturated carbocycles. The van der Waals surface area contributed by atoms with E-state index in [0.717, 1.165) is 57.4 Å². The van der Waals surface area contributed by atoms with Gasteiger partial charge in [0.2, 0.25) is 5.91 Å². The molecule has 0 spiro atoms. The Kier molecular flexibility index (Phi) is 7.50. The SMILES string of the molecule is COCCNCCC(=O)Nc1sc2c(c1-c1nc3ccc(-c4ccncc4C)cc3s1)CCNC2. The van der Waals surface area contributed by atoms with Gasteiger partial charge >= 0.3 is 0 Å². The zero-order valence-electron chi connectivity index (χ0n) is 19.9. The number of fused-ring (bicyclic) bond motifs is 2. The lowest BCUT2D eigenvalue weighted by Gasteiger charge is -2.13. The van der Waals surface area contributed by atoms with Gasteiger partial charge in [0.1, 0.15) is 10.0 Å². The number of nitrogens with one attached hydrogen (secondary N) is 3. The van der Waals surface area contributed by atoms with Gasteiger partial charge in [-0.05, 0) is 60.3 Å². The molecular formula is C26H29N5O2S2. The van der Waals surface area contributed by atoms with Crippen LogP contribution in [0.4, 0.5) is 5.00 Å². The van der Waals surface area contributed by atoms with E-state index in [0.29, 0.717) is 19.6 Å². The van der Waals surface area contributed by atoms with Gasteiger partial charge in [-0.25, -0.2) is 4.98 Å². The molecule has 1 amide bonds. The Morgan fingerprint density at radius 3 is 3.00 bits per heavy atom. The molecule has 5 rings (SSSR count). The third kappa shape index (κ3) is 5.29. The summed E-state index contributed by atoms with van der Waals surface area (Å²) in [5.41, 5.74) is 6.88. The summed E-state index contributed by atoms with van der Waals surface area (Å²) < 4.78 is 6.18. The number of carbonyl (C=O) groups excluding carboxylic acids is 1. The highest BCUT2D eigenvalue weighted by atomic mass is 32.1. The highest BCUT2D eigenvalue weighted by Gasteiger charge is 2.25. The van der Waals surface area contributed by atoms with Crippen molar-refractivity contribution in [2.75, 3.05) is 38.7 Å². The number of benzene rings is 1. The van der Waals surface area contributed by atoms with Crippen LogP contribution in [0, 0.1) is 6.92 Å². The topological polar surface area (TPSA) is 88.2 Å². The van der Waals surface area contributed by atoms with Crippen LogP contribution < -0.4 is 16.0 Å². The van der Waals surface area contributed by atoms with Gasteiger partial charge in [-0.1, -0.05) is 6.07 Å². The van der Waals surface area contributed by atoms with Crippen LogP contribution in [0.5, 0.6) is 0 Å². The zero-order valence-corrected chi connectivity index (χ0v) is 21.6. The molecule has 0 radical (unpaired) electrons. The Hall–Kier alpha value is -2.69. The minimum Gasteiger partial charge on any atom is -0.383 e. The average molecular weight is 508 g/mol. The van der Waals surface area contributed by atoms with E-state index >= 15 is 0 Å². The molecule has 35 heavy (non-hydrogen) atoms. The summed E-state index contributed by atoms with van der Waals surface area (Å²) in [5.74, 6) is 0.0132. The number of ether oxygens (including phenoxy) is 1. The van der Waals surface area contributed by atoms with E-state index < -0.39 is 0 Å². The molecule has 0 fully saturated rings. The quantitative estimate of drug-likeness (QED) is 0.287. The molecule has 1 aromatic carbocycles. The molecule has 1 aliphatic heterocycles. The molecule has 3 N–H and O–H groups in total. The molecular weight excluding hydrogens is 478 g/mol. The number of nitrogens with zero attached hydrogens (tertiary/aromatic N) is 2. The second-order valence-corrected chi connectivity index (χ2v) is 10.7. The number of aromatic nitrogens is 2. The van der Waals surface area contributed by atoms with E-state index in [1.807, 2.05) is 12.4 Å². The van der Waals surface area contributed by atoms with E-state index in [4.69, 9.17) is 9.72 Å². The normalized spacial score (nSPS) is 13.2. The first-order valence-corrected chi connectivity index (χ1v) is 13.4. The lowest BCUT2D eigenvalue weighted by atomic mass is 10.0. The zero-order chi connectivity index (χ0) is 24.2.